The monoisotopic (exact) mass is 383 g/mol. The van der Waals surface area contributed by atoms with Gasteiger partial charge in [-0.05, 0) is 0 Å². The largest absolute Gasteiger partial charge is 0.673 e. The van der Waals surface area contributed by atoms with Crippen LogP contribution >= 0.6 is 0 Å². The molecule has 1 aliphatic rings. The van der Waals surface area contributed by atoms with E-state index in [2.05, 4.69) is 5.73 Å². The molecule has 1 fully saturated rings. The first-order chi connectivity index (χ1) is 12.0. The van der Waals surface area contributed by atoms with E-state index in [9.17, 15) is 17.3 Å². The van der Waals surface area contributed by atoms with Crippen molar-refractivity contribution in [3.63, 3.8) is 0 Å². The molecule has 0 amide bonds. The molecule has 154 valence electrons. The van der Waals surface area contributed by atoms with Crippen LogP contribution in [0.4, 0.5) is 17.3 Å². The minimum atomic E-state index is -6.00. The highest BCUT2D eigenvalue weighted by atomic mass is 19.5. The highest BCUT2D eigenvalue weighted by Crippen LogP contribution is 2.06. The van der Waals surface area contributed by atoms with E-state index in [0.29, 0.717) is 79.3 Å². The van der Waals surface area contributed by atoms with Crippen LogP contribution in [-0.2, 0) is 28.4 Å². The van der Waals surface area contributed by atoms with Crippen molar-refractivity contribution in [3.8, 4) is 0 Å². The third kappa shape index (κ3) is 35.5. The van der Waals surface area contributed by atoms with Crippen LogP contribution in [0.25, 0.3) is 0 Å². The Morgan fingerprint density at radius 3 is 0.600 bits per heavy atom. The molecule has 0 aliphatic carbocycles. The van der Waals surface area contributed by atoms with E-state index < -0.39 is 7.25 Å². The summed E-state index contributed by atoms with van der Waals surface area (Å²) in [5.41, 5.74) is 3.25. The van der Waals surface area contributed by atoms with Crippen LogP contribution in [0.15, 0.2) is 0 Å². The van der Waals surface area contributed by atoms with Gasteiger partial charge in [-0.15, -0.1) is 0 Å². The third-order valence-corrected chi connectivity index (χ3v) is 2.23. The fourth-order valence-electron chi connectivity index (χ4n) is 1.32. The highest BCUT2D eigenvalue weighted by molar-refractivity contribution is 6.50. The Bertz CT molecular complexity index is 174. The lowest BCUT2D eigenvalue weighted by Crippen LogP contribution is -2.40. The Morgan fingerprint density at radius 2 is 0.520 bits per heavy atom. The molecule has 0 radical (unpaired) electrons. The second-order valence-electron chi connectivity index (χ2n) is 4.17. The Labute approximate surface area is 146 Å². The van der Waals surface area contributed by atoms with Crippen molar-refractivity contribution in [2.24, 2.45) is 0 Å². The molecule has 0 aromatic rings. The lowest BCUT2D eigenvalue weighted by atomic mass is 10.3. The van der Waals surface area contributed by atoms with Gasteiger partial charge in [-0.2, -0.15) is 0 Å². The predicted molar refractivity (Wildman–Crippen MR) is 83.9 cm³/mol. The standard InChI is InChI=1S/C12H24O6.CH5N.BF4/c1-2-14-5-6-16-9-10-18-12-11-17-8-7-15-4-3-13-1;1-2;2-1(3,4)5/h1-12H2;2H2,1H3;/q;;-1/p+1. The third-order valence-electron chi connectivity index (χ3n) is 2.23. The van der Waals surface area contributed by atoms with Gasteiger partial charge in [0.2, 0.25) is 0 Å². The molecule has 0 unspecified atom stereocenters. The molecule has 1 heterocycles. The normalized spacial score (nSPS) is 19.9. The van der Waals surface area contributed by atoms with Gasteiger partial charge in [0.05, 0.1) is 86.3 Å². The molecule has 12 heteroatoms. The fourth-order valence-corrected chi connectivity index (χ4v) is 1.32. The Morgan fingerprint density at radius 1 is 0.440 bits per heavy atom. The maximum atomic E-state index is 9.75. The average molecular weight is 383 g/mol. The molecule has 3 N–H and O–H groups in total. The summed E-state index contributed by atoms with van der Waals surface area (Å²) in [6.07, 6.45) is 0. The molecule has 1 rings (SSSR count). The second kappa shape index (κ2) is 21.5. The molecule has 25 heavy (non-hydrogen) atoms. The van der Waals surface area contributed by atoms with E-state index in [1.165, 1.54) is 0 Å². The zero-order valence-electron chi connectivity index (χ0n) is 14.7. The van der Waals surface area contributed by atoms with E-state index in [0.717, 1.165) is 0 Å². The van der Waals surface area contributed by atoms with E-state index >= 15 is 0 Å². The van der Waals surface area contributed by atoms with Gasteiger partial charge in [0.1, 0.15) is 0 Å². The van der Waals surface area contributed by atoms with Crippen LogP contribution < -0.4 is 5.73 Å². The van der Waals surface area contributed by atoms with Gasteiger partial charge in [-0.25, -0.2) is 0 Å². The average Bonchev–Trinajstić information content (AvgIpc) is 2.55. The van der Waals surface area contributed by atoms with Crippen molar-refractivity contribution < 1.29 is 51.4 Å². The van der Waals surface area contributed by atoms with Crippen LogP contribution in [0.5, 0.6) is 0 Å². The van der Waals surface area contributed by atoms with Gasteiger partial charge in [0, 0.05) is 0 Å². The number of quaternary nitrogens is 1. The topological polar surface area (TPSA) is 83.0 Å². The molecule has 1 saturated heterocycles. The molecule has 0 aromatic heterocycles. The van der Waals surface area contributed by atoms with E-state index in [-0.39, 0.29) is 0 Å². The summed E-state index contributed by atoms with van der Waals surface area (Å²) in [4.78, 5) is 0. The van der Waals surface area contributed by atoms with Crippen LogP contribution in [0, 0.1) is 0 Å². The lowest BCUT2D eigenvalue weighted by Gasteiger charge is -2.09. The van der Waals surface area contributed by atoms with Crippen LogP contribution in [0.2, 0.25) is 0 Å². The predicted octanol–water partition coefficient (Wildman–Crippen LogP) is 0.258. The smallest absolute Gasteiger partial charge is 0.418 e. The Hall–Kier alpha value is -0.495. The van der Waals surface area contributed by atoms with E-state index in [1.54, 1.807) is 7.05 Å². The molecule has 0 atom stereocenters. The minimum Gasteiger partial charge on any atom is -0.418 e. The molecule has 0 bridgehead atoms. The summed E-state index contributed by atoms with van der Waals surface area (Å²) < 4.78 is 71.0. The molecule has 7 nitrogen and oxygen atoms in total. The first-order valence-electron chi connectivity index (χ1n) is 8.04. The molecule has 0 aromatic carbocycles. The van der Waals surface area contributed by atoms with Crippen molar-refractivity contribution in [1.82, 2.24) is 0 Å². The molecule has 0 spiro atoms. The summed E-state index contributed by atoms with van der Waals surface area (Å²) in [6.45, 7) is 7.04. The van der Waals surface area contributed by atoms with Gasteiger partial charge < -0.3 is 51.4 Å². The van der Waals surface area contributed by atoms with Gasteiger partial charge in [0.25, 0.3) is 0 Å². The maximum Gasteiger partial charge on any atom is 0.673 e. The van der Waals surface area contributed by atoms with E-state index in [4.69, 9.17) is 28.4 Å². The van der Waals surface area contributed by atoms with Crippen molar-refractivity contribution in [1.29, 1.82) is 0 Å². The molecular weight excluding hydrogens is 353 g/mol. The first-order valence-corrected chi connectivity index (χ1v) is 8.04. The second-order valence-corrected chi connectivity index (χ2v) is 4.17. The summed E-state index contributed by atoms with van der Waals surface area (Å²) in [5.74, 6) is 0. The quantitative estimate of drug-likeness (QED) is 0.477. The number of rotatable bonds is 0. The van der Waals surface area contributed by atoms with Crippen molar-refractivity contribution in [2.75, 3.05) is 86.3 Å². The Kier molecular flexibility index (Phi) is 23.0. The van der Waals surface area contributed by atoms with Crippen LogP contribution in [0.3, 0.4) is 0 Å². The highest BCUT2D eigenvalue weighted by Gasteiger charge is 2.20. The first kappa shape index (κ1) is 26.7. The summed E-state index contributed by atoms with van der Waals surface area (Å²) in [7, 11) is -4.25. The van der Waals surface area contributed by atoms with Crippen molar-refractivity contribution in [2.45, 2.75) is 0 Å². The van der Waals surface area contributed by atoms with Crippen molar-refractivity contribution >= 4 is 7.25 Å². The van der Waals surface area contributed by atoms with Gasteiger partial charge in [0.15, 0.2) is 0 Å². The molecule has 1 aliphatic heterocycles. The minimum absolute atomic E-state index is 0.586. The molecular formula is C13H30BF4NO6. The van der Waals surface area contributed by atoms with E-state index in [1.807, 2.05) is 0 Å². The SMILES string of the molecule is C1COCCOCCOCCOCCOCCO1.C[NH3+].F[B-](F)(F)F. The van der Waals surface area contributed by atoms with Gasteiger partial charge >= 0.3 is 7.25 Å². The number of hydrogen-bond acceptors (Lipinski definition) is 6. The number of ether oxygens (including phenoxy) is 6. The maximum absolute atomic E-state index is 9.75. The van der Waals surface area contributed by atoms with Gasteiger partial charge in [-0.1, -0.05) is 0 Å². The summed E-state index contributed by atoms with van der Waals surface area (Å²) >= 11 is 0. The van der Waals surface area contributed by atoms with Gasteiger partial charge in [-0.3, -0.25) is 0 Å². The summed E-state index contributed by atoms with van der Waals surface area (Å²) in [6, 6.07) is 0. The van der Waals surface area contributed by atoms with Crippen LogP contribution in [0.1, 0.15) is 0 Å². The summed E-state index contributed by atoms with van der Waals surface area (Å²) in [5, 5.41) is 0. The fraction of sp³-hybridized carbons (Fsp3) is 1.00. The lowest BCUT2D eigenvalue weighted by molar-refractivity contribution is -0.325. The number of hydrogen-bond donors (Lipinski definition) is 1. The molecule has 0 saturated carbocycles. The number of halogens is 4. The zero-order valence-corrected chi connectivity index (χ0v) is 14.7. The zero-order chi connectivity index (χ0) is 19.2. The van der Waals surface area contributed by atoms with Crippen LogP contribution in [-0.4, -0.2) is 93.6 Å². The van der Waals surface area contributed by atoms with Crippen molar-refractivity contribution in [3.05, 3.63) is 0 Å². The Balaban J connectivity index is 0.